The second-order valence-corrected chi connectivity index (χ2v) is 4.15. The first kappa shape index (κ1) is 13.4. The van der Waals surface area contributed by atoms with E-state index in [-0.39, 0.29) is 6.04 Å². The number of pyridine rings is 1. The zero-order valence-corrected chi connectivity index (χ0v) is 11.4. The van der Waals surface area contributed by atoms with Gasteiger partial charge in [0.2, 0.25) is 0 Å². The molecule has 0 aliphatic rings. The van der Waals surface area contributed by atoms with Crippen molar-refractivity contribution in [2.45, 2.75) is 6.04 Å². The van der Waals surface area contributed by atoms with Crippen molar-refractivity contribution >= 4 is 0 Å². The van der Waals surface area contributed by atoms with Gasteiger partial charge in [0.1, 0.15) is 11.5 Å². The van der Waals surface area contributed by atoms with Crippen LogP contribution in [0.2, 0.25) is 0 Å². The van der Waals surface area contributed by atoms with E-state index in [1.165, 1.54) is 0 Å². The van der Waals surface area contributed by atoms with Crippen molar-refractivity contribution in [2.75, 3.05) is 21.3 Å². The van der Waals surface area contributed by atoms with Crippen LogP contribution in [0.5, 0.6) is 11.5 Å². The van der Waals surface area contributed by atoms with Gasteiger partial charge in [0.15, 0.2) is 0 Å². The highest BCUT2D eigenvalue weighted by Crippen LogP contribution is 2.29. The molecule has 0 aliphatic carbocycles. The lowest BCUT2D eigenvalue weighted by Gasteiger charge is -2.18. The van der Waals surface area contributed by atoms with Gasteiger partial charge >= 0.3 is 0 Å². The third kappa shape index (κ3) is 3.03. The predicted octanol–water partition coefficient (Wildman–Crippen LogP) is 2.41. The largest absolute Gasteiger partial charge is 0.497 e. The number of methoxy groups -OCH3 is 2. The van der Waals surface area contributed by atoms with Gasteiger partial charge in [-0.2, -0.15) is 0 Å². The van der Waals surface area contributed by atoms with E-state index in [0.717, 1.165) is 22.6 Å². The molecule has 1 unspecified atom stereocenters. The Balaban J connectivity index is 2.43. The predicted molar refractivity (Wildman–Crippen MR) is 74.7 cm³/mol. The summed E-state index contributed by atoms with van der Waals surface area (Å²) in [6.07, 6.45) is 3.58. The zero-order valence-electron chi connectivity index (χ0n) is 11.4. The van der Waals surface area contributed by atoms with E-state index in [1.807, 2.05) is 37.4 Å². The lowest BCUT2D eigenvalue weighted by molar-refractivity contribution is 0.392. The highest BCUT2D eigenvalue weighted by atomic mass is 16.5. The van der Waals surface area contributed by atoms with Crippen molar-refractivity contribution in [2.24, 2.45) is 0 Å². The number of hydrogen-bond donors (Lipinski definition) is 1. The number of nitrogens with one attached hydrogen (secondary N) is 1. The van der Waals surface area contributed by atoms with Gasteiger partial charge in [0, 0.05) is 18.5 Å². The quantitative estimate of drug-likeness (QED) is 0.894. The van der Waals surface area contributed by atoms with E-state index >= 15 is 0 Å². The Morgan fingerprint density at radius 3 is 2.00 bits per heavy atom. The minimum atomic E-state index is 0.0759. The summed E-state index contributed by atoms with van der Waals surface area (Å²) in [6.45, 7) is 0. The molecule has 0 saturated carbocycles. The van der Waals surface area contributed by atoms with Crippen molar-refractivity contribution in [1.29, 1.82) is 0 Å². The third-order valence-electron chi connectivity index (χ3n) is 3.04. The van der Waals surface area contributed by atoms with Crippen LogP contribution in [0.25, 0.3) is 0 Å². The van der Waals surface area contributed by atoms with E-state index in [2.05, 4.69) is 10.3 Å². The Labute approximate surface area is 113 Å². The Bertz CT molecular complexity index is 507. The minimum Gasteiger partial charge on any atom is -0.497 e. The van der Waals surface area contributed by atoms with Crippen molar-refractivity contribution in [3.05, 3.63) is 53.9 Å². The lowest BCUT2D eigenvalue weighted by Crippen LogP contribution is -2.17. The molecule has 0 radical (unpaired) electrons. The van der Waals surface area contributed by atoms with Gasteiger partial charge in [0.05, 0.1) is 20.3 Å². The molecule has 100 valence electrons. The Morgan fingerprint density at radius 2 is 1.53 bits per heavy atom. The molecule has 0 aliphatic heterocycles. The van der Waals surface area contributed by atoms with Crippen LogP contribution < -0.4 is 14.8 Å². The smallest absolute Gasteiger partial charge is 0.122 e. The van der Waals surface area contributed by atoms with Crippen LogP contribution in [0.4, 0.5) is 0 Å². The van der Waals surface area contributed by atoms with Gasteiger partial charge in [-0.1, -0.05) is 0 Å². The van der Waals surface area contributed by atoms with Crippen molar-refractivity contribution in [3.8, 4) is 11.5 Å². The van der Waals surface area contributed by atoms with Gasteiger partial charge < -0.3 is 14.8 Å². The zero-order chi connectivity index (χ0) is 13.7. The van der Waals surface area contributed by atoms with Gasteiger partial charge in [-0.15, -0.1) is 0 Å². The topological polar surface area (TPSA) is 43.4 Å². The first-order valence-electron chi connectivity index (χ1n) is 6.08. The van der Waals surface area contributed by atoms with Crippen LogP contribution in [-0.4, -0.2) is 26.3 Å². The molecule has 0 fully saturated rings. The molecule has 2 aromatic rings. The minimum absolute atomic E-state index is 0.0759. The summed E-state index contributed by atoms with van der Waals surface area (Å²) in [5, 5.41) is 3.30. The molecule has 0 spiro atoms. The fraction of sp³-hybridized carbons (Fsp3) is 0.267. The second-order valence-electron chi connectivity index (χ2n) is 4.15. The Kier molecular flexibility index (Phi) is 4.36. The summed E-state index contributed by atoms with van der Waals surface area (Å²) >= 11 is 0. The molecule has 0 bridgehead atoms. The van der Waals surface area contributed by atoms with Crippen molar-refractivity contribution < 1.29 is 9.47 Å². The number of nitrogens with zero attached hydrogens (tertiary/aromatic N) is 1. The first-order valence-corrected chi connectivity index (χ1v) is 6.08. The normalized spacial score (nSPS) is 11.9. The van der Waals surface area contributed by atoms with Crippen LogP contribution in [0.1, 0.15) is 17.2 Å². The molecule has 1 heterocycles. The first-order chi connectivity index (χ1) is 9.28. The highest BCUT2D eigenvalue weighted by molar-refractivity contribution is 5.42. The summed E-state index contributed by atoms with van der Waals surface area (Å²) in [6, 6.07) is 9.93. The van der Waals surface area contributed by atoms with E-state index in [1.54, 1.807) is 26.6 Å². The van der Waals surface area contributed by atoms with E-state index in [0.29, 0.717) is 0 Å². The molecule has 1 aromatic heterocycles. The molecule has 19 heavy (non-hydrogen) atoms. The third-order valence-corrected chi connectivity index (χ3v) is 3.04. The summed E-state index contributed by atoms with van der Waals surface area (Å²) in [5.41, 5.74) is 2.23. The molecular weight excluding hydrogens is 240 g/mol. The average molecular weight is 258 g/mol. The summed E-state index contributed by atoms with van der Waals surface area (Å²) in [7, 11) is 5.23. The van der Waals surface area contributed by atoms with Gasteiger partial charge in [-0.05, 0) is 42.4 Å². The number of benzene rings is 1. The van der Waals surface area contributed by atoms with Crippen LogP contribution in [-0.2, 0) is 0 Å². The number of hydrogen-bond acceptors (Lipinski definition) is 4. The molecule has 1 atom stereocenters. The van der Waals surface area contributed by atoms with Crippen LogP contribution >= 0.6 is 0 Å². The fourth-order valence-corrected chi connectivity index (χ4v) is 2.08. The molecule has 4 heteroatoms. The van der Waals surface area contributed by atoms with Crippen molar-refractivity contribution in [1.82, 2.24) is 10.3 Å². The van der Waals surface area contributed by atoms with E-state index in [9.17, 15) is 0 Å². The maximum absolute atomic E-state index is 5.31. The van der Waals surface area contributed by atoms with Crippen LogP contribution in [0.3, 0.4) is 0 Å². The summed E-state index contributed by atoms with van der Waals surface area (Å²) in [4.78, 5) is 4.05. The van der Waals surface area contributed by atoms with Gasteiger partial charge in [-0.3, -0.25) is 4.98 Å². The monoisotopic (exact) mass is 258 g/mol. The SMILES string of the molecule is CNC(c1ccncc1)c1cc(OC)cc(OC)c1. The van der Waals surface area contributed by atoms with Gasteiger partial charge in [0.25, 0.3) is 0 Å². The molecular formula is C15H18N2O2. The Hall–Kier alpha value is -2.07. The highest BCUT2D eigenvalue weighted by Gasteiger charge is 2.14. The summed E-state index contributed by atoms with van der Waals surface area (Å²) < 4.78 is 10.6. The number of aromatic nitrogens is 1. The molecule has 0 amide bonds. The maximum Gasteiger partial charge on any atom is 0.122 e. The molecule has 2 rings (SSSR count). The molecule has 4 nitrogen and oxygen atoms in total. The van der Waals surface area contributed by atoms with Crippen LogP contribution in [0.15, 0.2) is 42.7 Å². The van der Waals surface area contributed by atoms with E-state index < -0.39 is 0 Å². The fourth-order valence-electron chi connectivity index (χ4n) is 2.08. The number of rotatable bonds is 5. The van der Waals surface area contributed by atoms with Crippen molar-refractivity contribution in [3.63, 3.8) is 0 Å². The lowest BCUT2D eigenvalue weighted by atomic mass is 9.99. The molecule has 0 saturated heterocycles. The standard InChI is InChI=1S/C15H18N2O2/c1-16-15(11-4-6-17-7-5-11)12-8-13(18-2)10-14(9-12)19-3/h4-10,15-16H,1-3H3. The molecule has 1 N–H and O–H groups in total. The molecule has 1 aromatic carbocycles. The average Bonchev–Trinajstić information content (AvgIpc) is 2.48. The second kappa shape index (κ2) is 6.20. The Morgan fingerprint density at radius 1 is 0.947 bits per heavy atom. The number of ether oxygens (including phenoxy) is 2. The summed E-state index contributed by atoms with van der Waals surface area (Å²) in [5.74, 6) is 1.56. The van der Waals surface area contributed by atoms with Gasteiger partial charge in [-0.25, -0.2) is 0 Å². The maximum atomic E-state index is 5.31. The van der Waals surface area contributed by atoms with Crippen LogP contribution in [0, 0.1) is 0 Å². The van der Waals surface area contributed by atoms with E-state index in [4.69, 9.17) is 9.47 Å².